The Kier molecular flexibility index (Phi) is 5.38. The first kappa shape index (κ1) is 17.7. The molecular formula is C16H17F3N4O. The second kappa shape index (κ2) is 7.29. The molecule has 0 bridgehead atoms. The second-order valence-electron chi connectivity index (χ2n) is 5.15. The van der Waals surface area contributed by atoms with Crippen molar-refractivity contribution in [1.29, 1.82) is 0 Å². The van der Waals surface area contributed by atoms with E-state index in [-0.39, 0.29) is 12.5 Å². The molecule has 2 aromatic rings. The molecule has 8 heteroatoms. The summed E-state index contributed by atoms with van der Waals surface area (Å²) in [4.78, 5) is 11.9. The lowest BCUT2D eigenvalue weighted by atomic mass is 10.0. The average molecular weight is 338 g/mol. The van der Waals surface area contributed by atoms with Crippen LogP contribution in [-0.4, -0.2) is 20.7 Å². The minimum absolute atomic E-state index is 0.226. The maximum atomic E-state index is 12.5. The van der Waals surface area contributed by atoms with Crippen molar-refractivity contribution >= 4 is 11.5 Å². The number of allylic oxidation sites excluding steroid dienone is 1. The minimum Gasteiger partial charge on any atom is -0.345 e. The molecule has 0 radical (unpaired) electrons. The number of amides is 1. The van der Waals surface area contributed by atoms with Gasteiger partial charge in [-0.15, -0.1) is 10.2 Å². The number of nitrogens with one attached hydrogen (secondary N) is 1. The average Bonchev–Trinajstić information content (AvgIpc) is 2.99. The Morgan fingerprint density at radius 3 is 2.54 bits per heavy atom. The molecule has 0 aliphatic carbocycles. The molecule has 0 aliphatic heterocycles. The molecule has 0 fully saturated rings. The number of rotatable bonds is 5. The molecule has 1 aromatic heterocycles. The zero-order valence-corrected chi connectivity index (χ0v) is 13.3. The zero-order valence-electron chi connectivity index (χ0n) is 13.3. The van der Waals surface area contributed by atoms with Gasteiger partial charge in [0.25, 0.3) is 0 Å². The molecule has 128 valence electrons. The van der Waals surface area contributed by atoms with Crippen molar-refractivity contribution in [3.8, 4) is 0 Å². The van der Waals surface area contributed by atoms with Crippen molar-refractivity contribution in [2.75, 3.05) is 0 Å². The summed E-state index contributed by atoms with van der Waals surface area (Å²) in [7, 11) is 0. The number of hydrogen-bond donors (Lipinski definition) is 1. The fourth-order valence-corrected chi connectivity index (χ4v) is 2.10. The van der Waals surface area contributed by atoms with Crippen LogP contribution in [0.1, 0.15) is 30.8 Å². The number of nitrogens with zero attached hydrogens (tertiary/aromatic N) is 3. The van der Waals surface area contributed by atoms with Crippen molar-refractivity contribution in [1.82, 2.24) is 20.1 Å². The molecular weight excluding hydrogens is 321 g/mol. The van der Waals surface area contributed by atoms with Gasteiger partial charge in [-0.05, 0) is 37.1 Å². The third-order valence-corrected chi connectivity index (χ3v) is 3.47. The van der Waals surface area contributed by atoms with E-state index in [2.05, 4.69) is 15.5 Å². The van der Waals surface area contributed by atoms with Gasteiger partial charge in [-0.1, -0.05) is 12.1 Å². The van der Waals surface area contributed by atoms with Crippen LogP contribution < -0.4 is 5.32 Å². The zero-order chi connectivity index (χ0) is 17.7. The highest BCUT2D eigenvalue weighted by atomic mass is 19.4. The van der Waals surface area contributed by atoms with E-state index >= 15 is 0 Å². The quantitative estimate of drug-likeness (QED) is 0.853. The third-order valence-electron chi connectivity index (χ3n) is 3.47. The Morgan fingerprint density at radius 1 is 1.29 bits per heavy atom. The molecule has 0 unspecified atom stereocenters. The molecule has 0 saturated heterocycles. The molecule has 1 aromatic carbocycles. The fraction of sp³-hybridized carbons (Fsp3) is 0.312. The topological polar surface area (TPSA) is 59.8 Å². The van der Waals surface area contributed by atoms with Gasteiger partial charge in [0.15, 0.2) is 5.82 Å². The molecule has 1 heterocycles. The number of aryl methyl sites for hydroxylation is 1. The molecule has 0 spiro atoms. The number of carbonyl (C=O) groups is 1. The highest BCUT2D eigenvalue weighted by Gasteiger charge is 2.29. The van der Waals surface area contributed by atoms with Gasteiger partial charge >= 0.3 is 6.18 Å². The van der Waals surface area contributed by atoms with Crippen molar-refractivity contribution < 1.29 is 18.0 Å². The van der Waals surface area contributed by atoms with Crippen molar-refractivity contribution in [2.45, 2.75) is 33.1 Å². The van der Waals surface area contributed by atoms with E-state index in [4.69, 9.17) is 0 Å². The van der Waals surface area contributed by atoms with Crippen LogP contribution in [0, 0.1) is 0 Å². The van der Waals surface area contributed by atoms with Gasteiger partial charge in [0.2, 0.25) is 5.91 Å². The molecule has 1 N–H and O–H groups in total. The summed E-state index contributed by atoms with van der Waals surface area (Å²) in [5.41, 5.74) is 0.399. The summed E-state index contributed by atoms with van der Waals surface area (Å²) in [5.74, 6) is 0.282. The summed E-state index contributed by atoms with van der Waals surface area (Å²) in [6.45, 7) is 4.52. The van der Waals surface area contributed by atoms with Crippen LogP contribution in [-0.2, 0) is 24.1 Å². The van der Waals surface area contributed by atoms with Crippen molar-refractivity contribution in [3.05, 3.63) is 53.6 Å². The molecule has 5 nitrogen and oxygen atoms in total. The van der Waals surface area contributed by atoms with Crippen LogP contribution in [0.2, 0.25) is 0 Å². The number of alkyl halides is 3. The Balaban J connectivity index is 2.00. The standard InChI is InChI=1S/C16H17F3N4O/c1-3-23-10-21-22-14(23)9-20-15(24)8-11(2)12-4-6-13(7-5-12)16(17,18)19/h4-8,10H,3,9H2,1-2H3,(H,20,24)/b11-8+. The van der Waals surface area contributed by atoms with Gasteiger partial charge in [0, 0.05) is 12.6 Å². The number of hydrogen-bond acceptors (Lipinski definition) is 3. The highest BCUT2D eigenvalue weighted by molar-refractivity contribution is 5.94. The van der Waals surface area contributed by atoms with E-state index < -0.39 is 11.7 Å². The van der Waals surface area contributed by atoms with Crippen LogP contribution >= 0.6 is 0 Å². The lowest BCUT2D eigenvalue weighted by molar-refractivity contribution is -0.137. The number of halogens is 3. The van der Waals surface area contributed by atoms with E-state index in [0.717, 1.165) is 12.1 Å². The van der Waals surface area contributed by atoms with Gasteiger partial charge < -0.3 is 9.88 Å². The first-order valence-electron chi connectivity index (χ1n) is 7.31. The predicted molar refractivity (Wildman–Crippen MR) is 82.6 cm³/mol. The molecule has 0 aliphatic rings. The van der Waals surface area contributed by atoms with E-state index in [1.165, 1.54) is 18.2 Å². The Labute approximate surface area is 137 Å². The largest absolute Gasteiger partial charge is 0.416 e. The number of benzene rings is 1. The monoisotopic (exact) mass is 338 g/mol. The lowest BCUT2D eigenvalue weighted by Gasteiger charge is -2.08. The minimum atomic E-state index is -4.37. The Bertz CT molecular complexity index is 733. The SMILES string of the molecule is CCn1cnnc1CNC(=O)/C=C(\C)c1ccc(C(F)(F)F)cc1. The summed E-state index contributed by atoms with van der Waals surface area (Å²) in [6.07, 6.45) is -1.46. The molecule has 1 amide bonds. The van der Waals surface area contributed by atoms with Gasteiger partial charge in [-0.2, -0.15) is 13.2 Å². The normalized spacial score (nSPS) is 12.3. The number of carbonyl (C=O) groups excluding carboxylic acids is 1. The van der Waals surface area contributed by atoms with E-state index in [1.807, 2.05) is 6.92 Å². The van der Waals surface area contributed by atoms with E-state index in [1.54, 1.807) is 17.8 Å². The van der Waals surface area contributed by atoms with E-state index in [0.29, 0.717) is 23.5 Å². The molecule has 0 saturated carbocycles. The summed E-state index contributed by atoms with van der Waals surface area (Å²) in [5, 5.41) is 10.3. The van der Waals surface area contributed by atoms with Crippen LogP contribution in [0.3, 0.4) is 0 Å². The van der Waals surface area contributed by atoms with Gasteiger partial charge in [0.05, 0.1) is 12.1 Å². The maximum absolute atomic E-state index is 12.5. The predicted octanol–water partition coefficient (Wildman–Crippen LogP) is 3.04. The van der Waals surface area contributed by atoms with Crippen molar-refractivity contribution in [2.24, 2.45) is 0 Å². The highest BCUT2D eigenvalue weighted by Crippen LogP contribution is 2.29. The first-order chi connectivity index (χ1) is 11.3. The van der Waals surface area contributed by atoms with Gasteiger partial charge in [-0.25, -0.2) is 0 Å². The Morgan fingerprint density at radius 2 is 1.96 bits per heavy atom. The Hall–Kier alpha value is -2.64. The first-order valence-corrected chi connectivity index (χ1v) is 7.31. The van der Waals surface area contributed by atoms with Crippen LogP contribution in [0.15, 0.2) is 36.7 Å². The van der Waals surface area contributed by atoms with Crippen LogP contribution in [0.25, 0.3) is 5.57 Å². The lowest BCUT2D eigenvalue weighted by Crippen LogP contribution is -2.22. The second-order valence-corrected chi connectivity index (χ2v) is 5.15. The summed E-state index contributed by atoms with van der Waals surface area (Å²) >= 11 is 0. The van der Waals surface area contributed by atoms with Crippen LogP contribution in [0.5, 0.6) is 0 Å². The molecule has 2 rings (SSSR count). The summed E-state index contributed by atoms with van der Waals surface area (Å²) in [6, 6.07) is 4.67. The molecule has 0 atom stereocenters. The van der Waals surface area contributed by atoms with Crippen LogP contribution in [0.4, 0.5) is 13.2 Å². The molecule has 24 heavy (non-hydrogen) atoms. The summed E-state index contributed by atoms with van der Waals surface area (Å²) < 4.78 is 39.4. The van der Waals surface area contributed by atoms with E-state index in [9.17, 15) is 18.0 Å². The number of aromatic nitrogens is 3. The van der Waals surface area contributed by atoms with Gasteiger partial charge in [0.1, 0.15) is 6.33 Å². The third kappa shape index (κ3) is 4.43. The van der Waals surface area contributed by atoms with Gasteiger partial charge in [-0.3, -0.25) is 4.79 Å². The van der Waals surface area contributed by atoms with Crippen molar-refractivity contribution in [3.63, 3.8) is 0 Å². The smallest absolute Gasteiger partial charge is 0.345 e. The fourth-order valence-electron chi connectivity index (χ4n) is 2.10. The maximum Gasteiger partial charge on any atom is 0.416 e.